The second kappa shape index (κ2) is 2.78. The maximum absolute atomic E-state index is 4.29. The van der Waals surface area contributed by atoms with Crippen LogP contribution in [-0.2, 0) is 0 Å². The Hall–Kier alpha value is -0.630. The Morgan fingerprint density at radius 2 is 2.36 bits per heavy atom. The first-order chi connectivity index (χ1) is 5.36. The van der Waals surface area contributed by atoms with Crippen LogP contribution in [0.3, 0.4) is 0 Å². The molecule has 0 unspecified atom stereocenters. The minimum atomic E-state index is 1.01. The Kier molecular flexibility index (Phi) is 1.78. The van der Waals surface area contributed by atoms with Gasteiger partial charge in [-0.15, -0.1) is 0 Å². The third kappa shape index (κ3) is 1.36. The SMILES string of the molecule is CN1CCC2=C(CCN=C2)C1. The first kappa shape index (κ1) is 7.04. The van der Waals surface area contributed by atoms with Crippen molar-refractivity contribution in [3.05, 3.63) is 11.1 Å². The van der Waals surface area contributed by atoms with Crippen molar-refractivity contribution in [1.82, 2.24) is 4.90 Å². The lowest BCUT2D eigenvalue weighted by molar-refractivity contribution is 0.346. The Balaban J connectivity index is 2.19. The zero-order chi connectivity index (χ0) is 7.68. The summed E-state index contributed by atoms with van der Waals surface area (Å²) in [5, 5.41) is 0. The standard InChI is InChI=1S/C9H14N2/c1-11-5-3-8-6-10-4-2-9(8)7-11/h6H,2-5,7H2,1H3. The number of likely N-dealkylation sites (N-methyl/N-ethyl adjacent to an activating group) is 1. The summed E-state index contributed by atoms with van der Waals surface area (Å²) in [5.74, 6) is 0. The van der Waals surface area contributed by atoms with Gasteiger partial charge in [-0.1, -0.05) is 0 Å². The predicted octanol–water partition coefficient (Wildman–Crippen LogP) is 1.09. The van der Waals surface area contributed by atoms with Gasteiger partial charge in [-0.25, -0.2) is 0 Å². The summed E-state index contributed by atoms with van der Waals surface area (Å²) in [6.07, 6.45) is 4.47. The van der Waals surface area contributed by atoms with E-state index in [1.807, 2.05) is 0 Å². The number of hydrogen-bond donors (Lipinski definition) is 0. The van der Waals surface area contributed by atoms with Gasteiger partial charge in [0.1, 0.15) is 0 Å². The highest BCUT2D eigenvalue weighted by Crippen LogP contribution is 2.20. The van der Waals surface area contributed by atoms with E-state index in [2.05, 4.69) is 23.2 Å². The molecule has 0 amide bonds. The molecule has 0 aromatic carbocycles. The van der Waals surface area contributed by atoms with Crippen molar-refractivity contribution in [1.29, 1.82) is 0 Å². The molecule has 0 atom stereocenters. The molecule has 2 aliphatic heterocycles. The largest absolute Gasteiger partial charge is 0.302 e. The molecule has 0 N–H and O–H groups in total. The van der Waals surface area contributed by atoms with Crippen LogP contribution in [0.2, 0.25) is 0 Å². The average molecular weight is 150 g/mol. The van der Waals surface area contributed by atoms with E-state index in [-0.39, 0.29) is 0 Å². The number of nitrogens with zero attached hydrogens (tertiary/aromatic N) is 2. The van der Waals surface area contributed by atoms with Gasteiger partial charge >= 0.3 is 0 Å². The van der Waals surface area contributed by atoms with Crippen LogP contribution in [0.15, 0.2) is 16.1 Å². The van der Waals surface area contributed by atoms with Gasteiger partial charge in [-0.2, -0.15) is 0 Å². The topological polar surface area (TPSA) is 15.6 Å². The zero-order valence-electron chi connectivity index (χ0n) is 7.01. The van der Waals surface area contributed by atoms with E-state index in [0.29, 0.717) is 0 Å². The van der Waals surface area contributed by atoms with Crippen LogP contribution < -0.4 is 0 Å². The van der Waals surface area contributed by atoms with Gasteiger partial charge < -0.3 is 4.90 Å². The summed E-state index contributed by atoms with van der Waals surface area (Å²) in [4.78, 5) is 6.67. The molecule has 0 radical (unpaired) electrons. The molecule has 0 bridgehead atoms. The van der Waals surface area contributed by atoms with Crippen molar-refractivity contribution in [2.24, 2.45) is 4.99 Å². The molecule has 0 spiro atoms. The quantitative estimate of drug-likeness (QED) is 0.505. The molecule has 0 saturated heterocycles. The van der Waals surface area contributed by atoms with E-state index in [1.54, 1.807) is 5.57 Å². The molecular formula is C9H14N2. The van der Waals surface area contributed by atoms with Gasteiger partial charge in [0.05, 0.1) is 0 Å². The number of aliphatic imine (C=N–C) groups is 1. The van der Waals surface area contributed by atoms with Gasteiger partial charge in [-0.05, 0) is 31.0 Å². The smallest absolute Gasteiger partial charge is 0.0427 e. The first-order valence-corrected chi connectivity index (χ1v) is 4.25. The summed E-state index contributed by atoms with van der Waals surface area (Å²) in [6.45, 7) is 3.37. The van der Waals surface area contributed by atoms with Crippen molar-refractivity contribution >= 4 is 6.21 Å². The van der Waals surface area contributed by atoms with Crippen molar-refractivity contribution in [3.63, 3.8) is 0 Å². The van der Waals surface area contributed by atoms with E-state index in [4.69, 9.17) is 0 Å². The summed E-state index contributed by atoms with van der Waals surface area (Å²) in [7, 11) is 2.19. The van der Waals surface area contributed by atoms with Crippen molar-refractivity contribution in [2.75, 3.05) is 26.7 Å². The lowest BCUT2D eigenvalue weighted by Crippen LogP contribution is -2.29. The molecule has 2 nitrogen and oxygen atoms in total. The molecule has 2 aliphatic rings. The van der Waals surface area contributed by atoms with Crippen LogP contribution in [0.25, 0.3) is 0 Å². The molecule has 0 aromatic heterocycles. The minimum Gasteiger partial charge on any atom is -0.302 e. The van der Waals surface area contributed by atoms with Crippen LogP contribution in [0.1, 0.15) is 12.8 Å². The lowest BCUT2D eigenvalue weighted by Gasteiger charge is -2.27. The van der Waals surface area contributed by atoms with Crippen LogP contribution in [0.4, 0.5) is 0 Å². The summed E-state index contributed by atoms with van der Waals surface area (Å²) < 4.78 is 0. The fraction of sp³-hybridized carbons (Fsp3) is 0.667. The lowest BCUT2D eigenvalue weighted by atomic mass is 9.97. The fourth-order valence-electron chi connectivity index (χ4n) is 1.76. The van der Waals surface area contributed by atoms with E-state index < -0.39 is 0 Å². The zero-order valence-corrected chi connectivity index (χ0v) is 7.01. The van der Waals surface area contributed by atoms with Crippen molar-refractivity contribution in [3.8, 4) is 0 Å². The third-order valence-corrected chi connectivity index (χ3v) is 2.47. The average Bonchev–Trinajstić information content (AvgIpc) is 2.04. The first-order valence-electron chi connectivity index (χ1n) is 4.25. The Labute approximate surface area is 67.6 Å². The highest BCUT2D eigenvalue weighted by Gasteiger charge is 2.16. The van der Waals surface area contributed by atoms with Crippen LogP contribution in [-0.4, -0.2) is 37.8 Å². The highest BCUT2D eigenvalue weighted by molar-refractivity contribution is 5.81. The molecule has 2 rings (SSSR count). The Morgan fingerprint density at radius 1 is 1.45 bits per heavy atom. The molecule has 11 heavy (non-hydrogen) atoms. The monoisotopic (exact) mass is 150 g/mol. The summed E-state index contributed by atoms with van der Waals surface area (Å²) in [5.41, 5.74) is 3.13. The second-order valence-electron chi connectivity index (χ2n) is 3.40. The molecule has 2 heteroatoms. The third-order valence-electron chi connectivity index (χ3n) is 2.47. The number of rotatable bonds is 0. The van der Waals surface area contributed by atoms with Crippen LogP contribution in [0.5, 0.6) is 0 Å². The van der Waals surface area contributed by atoms with Crippen LogP contribution in [0, 0.1) is 0 Å². The van der Waals surface area contributed by atoms with Gasteiger partial charge in [0, 0.05) is 25.8 Å². The molecule has 2 heterocycles. The van der Waals surface area contributed by atoms with E-state index in [9.17, 15) is 0 Å². The molecule has 0 fully saturated rings. The van der Waals surface area contributed by atoms with Crippen molar-refractivity contribution < 1.29 is 0 Å². The van der Waals surface area contributed by atoms with Crippen molar-refractivity contribution in [2.45, 2.75) is 12.8 Å². The molecule has 0 saturated carbocycles. The van der Waals surface area contributed by atoms with E-state index in [1.165, 1.54) is 31.5 Å². The summed E-state index contributed by atoms with van der Waals surface area (Å²) in [6, 6.07) is 0. The highest BCUT2D eigenvalue weighted by atomic mass is 15.1. The number of hydrogen-bond acceptors (Lipinski definition) is 2. The summed E-state index contributed by atoms with van der Waals surface area (Å²) >= 11 is 0. The normalized spacial score (nSPS) is 25.5. The van der Waals surface area contributed by atoms with E-state index >= 15 is 0 Å². The maximum atomic E-state index is 4.29. The minimum absolute atomic E-state index is 1.01. The predicted molar refractivity (Wildman–Crippen MR) is 47.1 cm³/mol. The van der Waals surface area contributed by atoms with Gasteiger partial charge in [0.15, 0.2) is 0 Å². The second-order valence-corrected chi connectivity index (χ2v) is 3.40. The fourth-order valence-corrected chi connectivity index (χ4v) is 1.76. The molecular weight excluding hydrogens is 136 g/mol. The van der Waals surface area contributed by atoms with E-state index in [0.717, 1.165) is 6.54 Å². The van der Waals surface area contributed by atoms with Gasteiger partial charge in [-0.3, -0.25) is 4.99 Å². The molecule has 60 valence electrons. The number of dihydropyridines is 1. The van der Waals surface area contributed by atoms with Gasteiger partial charge in [0.2, 0.25) is 0 Å². The molecule has 0 aliphatic carbocycles. The maximum Gasteiger partial charge on any atom is 0.0427 e. The van der Waals surface area contributed by atoms with Gasteiger partial charge in [0.25, 0.3) is 0 Å². The Morgan fingerprint density at radius 3 is 3.27 bits per heavy atom. The van der Waals surface area contributed by atoms with Crippen LogP contribution >= 0.6 is 0 Å². The Bertz CT molecular complexity index is 216. The molecule has 0 aromatic rings.